The first kappa shape index (κ1) is 16.9. The number of piperidine rings is 1. The zero-order chi connectivity index (χ0) is 16.8. The summed E-state index contributed by atoms with van der Waals surface area (Å²) in [5.74, 6) is 1.17. The van der Waals surface area contributed by atoms with Gasteiger partial charge in [-0.3, -0.25) is 4.79 Å². The van der Waals surface area contributed by atoms with Gasteiger partial charge in [-0.2, -0.15) is 0 Å². The van der Waals surface area contributed by atoms with E-state index in [2.05, 4.69) is 15.6 Å². The molecule has 2 N–H and O–H groups in total. The van der Waals surface area contributed by atoms with Crippen LogP contribution in [0.1, 0.15) is 46.7 Å². The number of ether oxygens (including phenoxy) is 1. The average molecular weight is 345 g/mol. The number of nitrogens with one attached hydrogen (secondary N) is 2. The van der Waals surface area contributed by atoms with Crippen LogP contribution in [0.15, 0.2) is 29.6 Å². The highest BCUT2D eigenvalue weighted by atomic mass is 32.1. The molecule has 1 saturated heterocycles. The van der Waals surface area contributed by atoms with E-state index < -0.39 is 0 Å². The van der Waals surface area contributed by atoms with Crippen molar-refractivity contribution in [2.75, 3.05) is 19.7 Å². The molecule has 1 fully saturated rings. The summed E-state index contributed by atoms with van der Waals surface area (Å²) in [5, 5.41) is 9.24. The van der Waals surface area contributed by atoms with E-state index in [1.165, 1.54) is 0 Å². The molecule has 0 atom stereocenters. The van der Waals surface area contributed by atoms with E-state index >= 15 is 0 Å². The van der Waals surface area contributed by atoms with Gasteiger partial charge in [-0.1, -0.05) is 18.2 Å². The van der Waals surface area contributed by atoms with E-state index in [0.29, 0.717) is 24.8 Å². The van der Waals surface area contributed by atoms with Crippen molar-refractivity contribution in [3.63, 3.8) is 0 Å². The van der Waals surface area contributed by atoms with Crippen LogP contribution >= 0.6 is 11.3 Å². The van der Waals surface area contributed by atoms with Gasteiger partial charge >= 0.3 is 0 Å². The fourth-order valence-corrected chi connectivity index (χ4v) is 3.83. The highest BCUT2D eigenvalue weighted by Gasteiger charge is 2.20. The van der Waals surface area contributed by atoms with E-state index in [1.807, 2.05) is 36.6 Å². The number of hydrogen-bond donors (Lipinski definition) is 2. The van der Waals surface area contributed by atoms with Crippen molar-refractivity contribution >= 4 is 17.2 Å². The van der Waals surface area contributed by atoms with Crippen molar-refractivity contribution < 1.29 is 9.53 Å². The molecule has 1 amide bonds. The van der Waals surface area contributed by atoms with E-state index in [-0.39, 0.29) is 5.91 Å². The first-order valence-electron chi connectivity index (χ1n) is 8.43. The van der Waals surface area contributed by atoms with Gasteiger partial charge in [0.2, 0.25) is 0 Å². The number of thiazole rings is 1. The highest BCUT2D eigenvalue weighted by molar-refractivity contribution is 7.09. The van der Waals surface area contributed by atoms with Crippen LogP contribution in [0.4, 0.5) is 0 Å². The second kappa shape index (κ2) is 8.26. The summed E-state index contributed by atoms with van der Waals surface area (Å²) in [6, 6.07) is 7.76. The highest BCUT2D eigenvalue weighted by Crippen LogP contribution is 2.28. The second-order valence-corrected chi connectivity index (χ2v) is 6.71. The molecule has 128 valence electrons. The Morgan fingerprint density at radius 2 is 2.17 bits per heavy atom. The maximum absolute atomic E-state index is 12.4. The van der Waals surface area contributed by atoms with Crippen molar-refractivity contribution in [3.05, 3.63) is 45.9 Å². The third-order valence-corrected chi connectivity index (χ3v) is 5.16. The Morgan fingerprint density at radius 3 is 2.96 bits per heavy atom. The minimum atomic E-state index is -0.127. The monoisotopic (exact) mass is 345 g/mol. The molecule has 0 radical (unpaired) electrons. The molecule has 2 heterocycles. The number of amides is 1. The molecule has 0 spiro atoms. The Morgan fingerprint density at radius 1 is 1.38 bits per heavy atom. The van der Waals surface area contributed by atoms with Crippen LogP contribution in [0, 0.1) is 0 Å². The Bertz CT molecular complexity index is 680. The SMILES string of the molecule is CCOc1ccccc1CNC(=O)c1csc(C2CCNCC2)n1. The number of carbonyl (C=O) groups is 1. The summed E-state index contributed by atoms with van der Waals surface area (Å²) in [6.45, 7) is 5.05. The largest absolute Gasteiger partial charge is 0.494 e. The zero-order valence-electron chi connectivity index (χ0n) is 13.9. The molecule has 1 aromatic heterocycles. The van der Waals surface area contributed by atoms with Crippen molar-refractivity contribution in [3.8, 4) is 5.75 Å². The van der Waals surface area contributed by atoms with Crippen LogP contribution in [0.25, 0.3) is 0 Å². The lowest BCUT2D eigenvalue weighted by Crippen LogP contribution is -2.27. The van der Waals surface area contributed by atoms with Crippen molar-refractivity contribution in [2.24, 2.45) is 0 Å². The van der Waals surface area contributed by atoms with E-state index in [9.17, 15) is 4.79 Å². The van der Waals surface area contributed by atoms with Crippen LogP contribution in [-0.2, 0) is 6.54 Å². The van der Waals surface area contributed by atoms with Crippen LogP contribution in [0.5, 0.6) is 5.75 Å². The molecule has 3 rings (SSSR count). The lowest BCUT2D eigenvalue weighted by molar-refractivity contribution is 0.0946. The lowest BCUT2D eigenvalue weighted by atomic mass is 9.99. The van der Waals surface area contributed by atoms with E-state index in [1.54, 1.807) is 11.3 Å². The Labute approximate surface area is 146 Å². The van der Waals surface area contributed by atoms with Gasteiger partial charge in [0, 0.05) is 23.4 Å². The first-order chi connectivity index (χ1) is 11.8. The molecule has 0 bridgehead atoms. The van der Waals surface area contributed by atoms with Gasteiger partial charge in [0.15, 0.2) is 0 Å². The topological polar surface area (TPSA) is 63.2 Å². The van der Waals surface area contributed by atoms with E-state index in [4.69, 9.17) is 4.74 Å². The summed E-state index contributed by atoms with van der Waals surface area (Å²) < 4.78 is 5.59. The molecular weight excluding hydrogens is 322 g/mol. The van der Waals surface area contributed by atoms with Crippen molar-refractivity contribution in [1.29, 1.82) is 0 Å². The number of hydrogen-bond acceptors (Lipinski definition) is 5. The maximum atomic E-state index is 12.4. The molecular formula is C18H23N3O2S. The summed E-state index contributed by atoms with van der Waals surface area (Å²) in [6.07, 6.45) is 2.19. The number of benzene rings is 1. The normalized spacial score (nSPS) is 15.2. The molecule has 0 saturated carbocycles. The Balaban J connectivity index is 1.60. The summed E-state index contributed by atoms with van der Waals surface area (Å²) in [7, 11) is 0. The van der Waals surface area contributed by atoms with Crippen LogP contribution in [0.2, 0.25) is 0 Å². The minimum Gasteiger partial charge on any atom is -0.494 e. The van der Waals surface area contributed by atoms with Gasteiger partial charge in [0.05, 0.1) is 11.6 Å². The van der Waals surface area contributed by atoms with Gasteiger partial charge in [0.1, 0.15) is 11.4 Å². The third-order valence-electron chi connectivity index (χ3n) is 4.15. The number of carbonyl (C=O) groups excluding carboxylic acids is 1. The predicted octanol–water partition coefficient (Wildman–Crippen LogP) is 2.94. The number of nitrogens with zero attached hydrogens (tertiary/aromatic N) is 1. The predicted molar refractivity (Wildman–Crippen MR) is 95.7 cm³/mol. The van der Waals surface area contributed by atoms with Gasteiger partial charge in [-0.15, -0.1) is 11.3 Å². The molecule has 0 unspecified atom stereocenters. The number of rotatable bonds is 6. The van der Waals surface area contributed by atoms with Crippen LogP contribution in [-0.4, -0.2) is 30.6 Å². The van der Waals surface area contributed by atoms with Gasteiger partial charge < -0.3 is 15.4 Å². The van der Waals surface area contributed by atoms with Crippen LogP contribution in [0.3, 0.4) is 0 Å². The smallest absolute Gasteiger partial charge is 0.271 e. The standard InChI is InChI=1S/C18H23N3O2S/c1-2-23-16-6-4-3-5-14(16)11-20-17(22)15-12-24-18(21-15)13-7-9-19-10-8-13/h3-6,12-13,19H,2,7-11H2,1H3,(H,20,22). The quantitative estimate of drug-likeness (QED) is 0.845. The second-order valence-electron chi connectivity index (χ2n) is 5.82. The molecule has 6 heteroatoms. The number of aromatic nitrogens is 1. The molecule has 2 aromatic rings. The van der Waals surface area contributed by atoms with Crippen molar-refractivity contribution in [2.45, 2.75) is 32.2 Å². The van der Waals surface area contributed by atoms with E-state index in [0.717, 1.165) is 42.3 Å². The molecule has 1 aliphatic heterocycles. The summed E-state index contributed by atoms with van der Waals surface area (Å²) in [4.78, 5) is 16.9. The molecule has 1 aromatic carbocycles. The average Bonchev–Trinajstić information content (AvgIpc) is 3.12. The fraction of sp³-hybridized carbons (Fsp3) is 0.444. The van der Waals surface area contributed by atoms with Gasteiger partial charge in [-0.25, -0.2) is 4.98 Å². The lowest BCUT2D eigenvalue weighted by Gasteiger charge is -2.20. The third kappa shape index (κ3) is 4.13. The molecule has 24 heavy (non-hydrogen) atoms. The van der Waals surface area contributed by atoms with Gasteiger partial charge in [0.25, 0.3) is 5.91 Å². The maximum Gasteiger partial charge on any atom is 0.271 e. The summed E-state index contributed by atoms with van der Waals surface area (Å²) in [5.41, 5.74) is 1.49. The Kier molecular flexibility index (Phi) is 5.82. The minimum absolute atomic E-state index is 0.127. The zero-order valence-corrected chi connectivity index (χ0v) is 14.7. The summed E-state index contributed by atoms with van der Waals surface area (Å²) >= 11 is 1.59. The Hall–Kier alpha value is -1.92. The fourth-order valence-electron chi connectivity index (χ4n) is 2.86. The number of para-hydroxylation sites is 1. The van der Waals surface area contributed by atoms with Crippen LogP contribution < -0.4 is 15.4 Å². The first-order valence-corrected chi connectivity index (χ1v) is 9.31. The molecule has 0 aliphatic carbocycles. The molecule has 5 nitrogen and oxygen atoms in total. The molecule has 1 aliphatic rings. The van der Waals surface area contributed by atoms with Gasteiger partial charge in [-0.05, 0) is 38.9 Å². The van der Waals surface area contributed by atoms with Crippen molar-refractivity contribution in [1.82, 2.24) is 15.6 Å².